The van der Waals surface area contributed by atoms with Crippen LogP contribution in [0, 0.1) is 0 Å². The summed E-state index contributed by atoms with van der Waals surface area (Å²) >= 11 is 0. The smallest absolute Gasteiger partial charge is 0.395 e. The van der Waals surface area contributed by atoms with E-state index in [4.69, 9.17) is 9.15 Å². The number of ether oxygens (including phenoxy) is 1. The maximum atomic E-state index is 4.90. The Kier molecular flexibility index (Phi) is 1.51. The van der Waals surface area contributed by atoms with E-state index in [0.29, 0.717) is 5.82 Å². The molecule has 0 aliphatic carbocycles. The van der Waals surface area contributed by atoms with E-state index in [2.05, 4.69) is 15.2 Å². The fraction of sp³-hybridized carbons (Fsp3) is 0.167. The molecule has 0 unspecified atom stereocenters. The molecule has 62 valence electrons. The van der Waals surface area contributed by atoms with Crippen LogP contribution in [0.4, 0.5) is 0 Å². The molecule has 6 nitrogen and oxygen atoms in total. The van der Waals surface area contributed by atoms with Crippen molar-refractivity contribution < 1.29 is 9.15 Å². The minimum absolute atomic E-state index is 0.197. The zero-order valence-electron chi connectivity index (χ0n) is 6.34. The van der Waals surface area contributed by atoms with Gasteiger partial charge >= 0.3 is 6.08 Å². The molecule has 2 aromatic heterocycles. The SMILES string of the molecule is COc1nc(-n2nccn2)co1. The van der Waals surface area contributed by atoms with Crippen molar-refractivity contribution in [1.29, 1.82) is 0 Å². The fourth-order valence-corrected chi connectivity index (χ4v) is 0.769. The summed E-state index contributed by atoms with van der Waals surface area (Å²) in [7, 11) is 1.48. The number of nitrogens with zero attached hydrogens (tertiary/aromatic N) is 4. The van der Waals surface area contributed by atoms with Crippen LogP contribution in [0.1, 0.15) is 0 Å². The highest BCUT2D eigenvalue weighted by molar-refractivity contribution is 5.14. The summed E-state index contributed by atoms with van der Waals surface area (Å²) in [5, 5.41) is 7.72. The summed E-state index contributed by atoms with van der Waals surface area (Å²) in [5.74, 6) is 0.497. The molecule has 0 saturated heterocycles. The van der Waals surface area contributed by atoms with Gasteiger partial charge in [-0.25, -0.2) is 0 Å². The van der Waals surface area contributed by atoms with Crippen molar-refractivity contribution in [2.75, 3.05) is 7.11 Å². The molecule has 0 saturated carbocycles. The highest BCUT2D eigenvalue weighted by atomic mass is 16.6. The first-order chi connectivity index (χ1) is 5.90. The van der Waals surface area contributed by atoms with Crippen LogP contribution in [0.2, 0.25) is 0 Å². The van der Waals surface area contributed by atoms with Gasteiger partial charge in [-0.2, -0.15) is 15.2 Å². The molecule has 0 amide bonds. The molecule has 0 atom stereocenters. The van der Waals surface area contributed by atoms with Crippen molar-refractivity contribution in [3.8, 4) is 11.9 Å². The number of hydrogen-bond donors (Lipinski definition) is 0. The number of methoxy groups -OCH3 is 1. The van der Waals surface area contributed by atoms with E-state index < -0.39 is 0 Å². The van der Waals surface area contributed by atoms with Crippen LogP contribution in [0.15, 0.2) is 23.1 Å². The second-order valence-corrected chi connectivity index (χ2v) is 1.99. The Hall–Kier alpha value is -1.85. The van der Waals surface area contributed by atoms with Crippen LogP contribution < -0.4 is 4.74 Å². The molecule has 0 radical (unpaired) electrons. The zero-order chi connectivity index (χ0) is 8.39. The molecule has 0 aliphatic rings. The van der Waals surface area contributed by atoms with Gasteiger partial charge in [0.15, 0.2) is 0 Å². The van der Waals surface area contributed by atoms with Gasteiger partial charge in [-0.3, -0.25) is 0 Å². The fourth-order valence-electron chi connectivity index (χ4n) is 0.769. The lowest BCUT2D eigenvalue weighted by atomic mass is 10.8. The largest absolute Gasteiger partial charge is 0.453 e. The number of hydrogen-bond acceptors (Lipinski definition) is 5. The molecule has 0 spiro atoms. The molecule has 6 heteroatoms. The predicted octanol–water partition coefficient (Wildman–Crippen LogP) is 0.264. The van der Waals surface area contributed by atoms with Crippen LogP contribution >= 0.6 is 0 Å². The molecule has 0 bridgehead atoms. The molecule has 12 heavy (non-hydrogen) atoms. The number of oxazole rings is 1. The Morgan fingerprint density at radius 1 is 1.42 bits per heavy atom. The van der Waals surface area contributed by atoms with Gasteiger partial charge in [-0.15, -0.1) is 4.80 Å². The average molecular weight is 166 g/mol. The zero-order valence-corrected chi connectivity index (χ0v) is 6.34. The highest BCUT2D eigenvalue weighted by Crippen LogP contribution is 2.10. The number of rotatable bonds is 2. The maximum Gasteiger partial charge on any atom is 0.395 e. The molecule has 0 aliphatic heterocycles. The molecule has 2 aromatic rings. The maximum absolute atomic E-state index is 4.90. The number of aromatic nitrogens is 4. The summed E-state index contributed by atoms with van der Waals surface area (Å²) in [4.78, 5) is 5.26. The first kappa shape index (κ1) is 6.84. The third-order valence-electron chi connectivity index (χ3n) is 1.27. The lowest BCUT2D eigenvalue weighted by Gasteiger charge is -1.88. The molecule has 2 rings (SSSR count). The van der Waals surface area contributed by atoms with Crippen molar-refractivity contribution in [2.45, 2.75) is 0 Å². The van der Waals surface area contributed by atoms with Gasteiger partial charge in [0, 0.05) is 0 Å². The molecular formula is C6H6N4O2. The highest BCUT2D eigenvalue weighted by Gasteiger charge is 2.05. The van der Waals surface area contributed by atoms with Crippen molar-refractivity contribution in [3.63, 3.8) is 0 Å². The van der Waals surface area contributed by atoms with Crippen molar-refractivity contribution in [1.82, 2.24) is 20.0 Å². The molecule has 0 N–H and O–H groups in total. The monoisotopic (exact) mass is 166 g/mol. The van der Waals surface area contributed by atoms with Gasteiger partial charge in [-0.1, -0.05) is 0 Å². The minimum Gasteiger partial charge on any atom is -0.453 e. The van der Waals surface area contributed by atoms with Crippen LogP contribution in [0.3, 0.4) is 0 Å². The molecule has 0 aromatic carbocycles. The van der Waals surface area contributed by atoms with E-state index >= 15 is 0 Å². The summed E-state index contributed by atoms with van der Waals surface area (Å²) in [6.07, 6.45) is 4.73. The first-order valence-corrected chi connectivity index (χ1v) is 3.26. The summed E-state index contributed by atoms with van der Waals surface area (Å²) in [5.41, 5.74) is 0. The van der Waals surface area contributed by atoms with E-state index in [9.17, 15) is 0 Å². The van der Waals surface area contributed by atoms with Crippen LogP contribution in [0.5, 0.6) is 6.08 Å². The molecule has 0 fully saturated rings. The van der Waals surface area contributed by atoms with E-state index in [1.54, 1.807) is 12.4 Å². The Bertz CT molecular complexity index is 353. The van der Waals surface area contributed by atoms with Gasteiger partial charge < -0.3 is 9.15 Å². The van der Waals surface area contributed by atoms with Gasteiger partial charge in [0.25, 0.3) is 0 Å². The Labute approximate surface area is 67.8 Å². The Morgan fingerprint density at radius 3 is 2.75 bits per heavy atom. The second kappa shape index (κ2) is 2.65. The second-order valence-electron chi connectivity index (χ2n) is 1.99. The Morgan fingerprint density at radius 2 is 2.17 bits per heavy atom. The first-order valence-electron chi connectivity index (χ1n) is 3.26. The quantitative estimate of drug-likeness (QED) is 0.640. The summed E-state index contributed by atoms with van der Waals surface area (Å²) < 4.78 is 9.65. The normalized spacial score (nSPS) is 10.1. The van der Waals surface area contributed by atoms with E-state index in [-0.39, 0.29) is 6.08 Å². The van der Waals surface area contributed by atoms with Crippen LogP contribution in [-0.4, -0.2) is 27.1 Å². The predicted molar refractivity (Wildman–Crippen MR) is 38.0 cm³/mol. The van der Waals surface area contributed by atoms with E-state index in [1.807, 2.05) is 0 Å². The van der Waals surface area contributed by atoms with Crippen molar-refractivity contribution in [2.24, 2.45) is 0 Å². The molecular weight excluding hydrogens is 160 g/mol. The van der Waals surface area contributed by atoms with E-state index in [0.717, 1.165) is 0 Å². The summed E-state index contributed by atoms with van der Waals surface area (Å²) in [6.45, 7) is 0. The third-order valence-corrected chi connectivity index (χ3v) is 1.27. The average Bonchev–Trinajstić information content (AvgIpc) is 2.75. The van der Waals surface area contributed by atoms with Gasteiger partial charge in [0.1, 0.15) is 6.26 Å². The molecule has 2 heterocycles. The van der Waals surface area contributed by atoms with Gasteiger partial charge in [0.2, 0.25) is 5.82 Å². The standard InChI is InChI=1S/C6H6N4O2/c1-11-6-9-5(4-12-6)10-7-2-3-8-10/h2-4H,1H3. The summed E-state index contributed by atoms with van der Waals surface area (Å²) in [6, 6.07) is 0. The van der Waals surface area contributed by atoms with Gasteiger partial charge in [0.05, 0.1) is 19.5 Å². The van der Waals surface area contributed by atoms with Crippen LogP contribution in [0.25, 0.3) is 5.82 Å². The van der Waals surface area contributed by atoms with Crippen molar-refractivity contribution >= 4 is 0 Å². The van der Waals surface area contributed by atoms with Crippen molar-refractivity contribution in [3.05, 3.63) is 18.7 Å². The van der Waals surface area contributed by atoms with Gasteiger partial charge in [-0.05, 0) is 0 Å². The third kappa shape index (κ3) is 1.03. The van der Waals surface area contributed by atoms with Crippen LogP contribution in [-0.2, 0) is 0 Å². The topological polar surface area (TPSA) is 66.0 Å². The minimum atomic E-state index is 0.197. The lowest BCUT2D eigenvalue weighted by molar-refractivity contribution is 0.290. The lowest BCUT2D eigenvalue weighted by Crippen LogP contribution is -1.98. The van der Waals surface area contributed by atoms with E-state index in [1.165, 1.54) is 18.2 Å². The Balaban J connectivity index is 2.35.